The first-order valence-corrected chi connectivity index (χ1v) is 13.9. The van der Waals surface area contributed by atoms with Crippen LogP contribution in [0.2, 0.25) is 0 Å². The van der Waals surface area contributed by atoms with Crippen LogP contribution in [0.1, 0.15) is 37.4 Å². The van der Waals surface area contributed by atoms with E-state index in [1.165, 1.54) is 23.0 Å². The van der Waals surface area contributed by atoms with Gasteiger partial charge in [0.1, 0.15) is 24.1 Å². The number of benzene rings is 2. The summed E-state index contributed by atoms with van der Waals surface area (Å²) in [6.45, 7) is 4.43. The lowest BCUT2D eigenvalue weighted by molar-refractivity contribution is -0.140. The molecule has 0 fully saturated rings. The second kappa shape index (κ2) is 13.5. The maximum atomic E-state index is 14.1. The predicted octanol–water partition coefficient (Wildman–Crippen LogP) is 3.24. The first-order chi connectivity index (χ1) is 19.9. The van der Waals surface area contributed by atoms with Gasteiger partial charge in [-0.1, -0.05) is 30.4 Å². The van der Waals surface area contributed by atoms with Crippen LogP contribution in [0.4, 0.5) is 0 Å². The van der Waals surface area contributed by atoms with Crippen LogP contribution in [0.5, 0.6) is 23.0 Å². The smallest absolute Gasteiger partial charge is 0.338 e. The highest BCUT2D eigenvalue weighted by Crippen LogP contribution is 2.41. The van der Waals surface area contributed by atoms with Gasteiger partial charge >= 0.3 is 5.97 Å². The van der Waals surface area contributed by atoms with Gasteiger partial charge in [-0.05, 0) is 37.6 Å². The Labute approximate surface area is 242 Å². The number of carbonyl (C=O) groups is 1. The van der Waals surface area contributed by atoms with Crippen molar-refractivity contribution in [1.82, 2.24) is 4.57 Å². The predicted molar refractivity (Wildman–Crippen MR) is 155 cm³/mol. The lowest BCUT2D eigenvalue weighted by Gasteiger charge is -2.27. The number of esters is 1. The van der Waals surface area contributed by atoms with Crippen molar-refractivity contribution in [3.63, 3.8) is 0 Å². The van der Waals surface area contributed by atoms with E-state index in [4.69, 9.17) is 28.4 Å². The van der Waals surface area contributed by atoms with Gasteiger partial charge in [0.15, 0.2) is 16.3 Å². The van der Waals surface area contributed by atoms with Gasteiger partial charge in [0.25, 0.3) is 5.56 Å². The summed E-state index contributed by atoms with van der Waals surface area (Å²) in [5.41, 5.74) is 1.63. The summed E-state index contributed by atoms with van der Waals surface area (Å²) in [5, 5.41) is 0. The van der Waals surface area contributed by atoms with E-state index in [1.54, 1.807) is 58.6 Å². The van der Waals surface area contributed by atoms with Crippen LogP contribution < -0.4 is 33.8 Å². The van der Waals surface area contributed by atoms with Crippen LogP contribution in [-0.4, -0.2) is 58.8 Å². The zero-order valence-electron chi connectivity index (χ0n) is 24.0. The van der Waals surface area contributed by atoms with Crippen LogP contribution in [0.25, 0.3) is 6.08 Å². The van der Waals surface area contributed by atoms with Gasteiger partial charge in [0.05, 0.1) is 50.3 Å². The van der Waals surface area contributed by atoms with E-state index in [-0.39, 0.29) is 24.3 Å². The highest BCUT2D eigenvalue weighted by Gasteiger charge is 2.36. The molecule has 218 valence electrons. The normalized spacial score (nSPS) is 14.8. The molecule has 0 radical (unpaired) electrons. The third-order valence-corrected chi connectivity index (χ3v) is 7.45. The number of carbonyl (C=O) groups excluding carboxylic acids is 1. The van der Waals surface area contributed by atoms with Crippen LogP contribution in [-0.2, 0) is 14.3 Å². The molecule has 0 unspecified atom stereocenters. The topological polar surface area (TPSA) is 107 Å². The van der Waals surface area contributed by atoms with Crippen molar-refractivity contribution in [2.24, 2.45) is 4.99 Å². The lowest BCUT2D eigenvalue weighted by Crippen LogP contribution is -2.40. The standard InChI is InChI=1S/C30H34N2O8S/c1-7-13-39-27-21(9-8-10-22(27)37-5)26-25(29(34)40-15-14-35-3)18(2)31-30-32(26)28(33)24(41-30)16-19-11-12-20(36-4)17-23(19)38-6/h8-12,16-17,26H,7,13-15H2,1-6H3/b24-16+/t26-/m1/s1. The van der Waals surface area contributed by atoms with E-state index in [1.807, 2.05) is 19.1 Å². The molecule has 4 rings (SSSR count). The Kier molecular flexibility index (Phi) is 9.85. The molecular formula is C30H34N2O8S. The number of fused-ring (bicyclic) bond motifs is 1. The molecule has 2 heterocycles. The van der Waals surface area contributed by atoms with Gasteiger partial charge in [0.2, 0.25) is 0 Å². The fraction of sp³-hybridized carbons (Fsp3) is 0.367. The Bertz CT molecular complexity index is 1620. The SMILES string of the molecule is CCCOc1c(OC)cccc1[C@@H]1C(C(=O)OCCOC)=C(C)N=c2s/c(=C/c3ccc(OC)cc3OC)c(=O)n21. The molecule has 0 amide bonds. The van der Waals surface area contributed by atoms with E-state index in [0.29, 0.717) is 55.8 Å². The maximum absolute atomic E-state index is 14.1. The summed E-state index contributed by atoms with van der Waals surface area (Å²) in [5.74, 6) is 1.52. The minimum absolute atomic E-state index is 0.0534. The maximum Gasteiger partial charge on any atom is 0.338 e. The monoisotopic (exact) mass is 582 g/mol. The van der Waals surface area contributed by atoms with Gasteiger partial charge in [-0.2, -0.15) is 0 Å². The summed E-state index contributed by atoms with van der Waals surface area (Å²) in [6.07, 6.45) is 2.50. The number of ether oxygens (including phenoxy) is 6. The van der Waals surface area contributed by atoms with Crippen molar-refractivity contribution in [3.05, 3.63) is 78.5 Å². The Morgan fingerprint density at radius 1 is 1.02 bits per heavy atom. The van der Waals surface area contributed by atoms with Crippen LogP contribution in [0, 0.1) is 0 Å². The van der Waals surface area contributed by atoms with Gasteiger partial charge in [-0.25, -0.2) is 9.79 Å². The van der Waals surface area contributed by atoms with Crippen molar-refractivity contribution in [3.8, 4) is 23.0 Å². The fourth-order valence-corrected chi connectivity index (χ4v) is 5.56. The first-order valence-electron chi connectivity index (χ1n) is 13.1. The minimum Gasteiger partial charge on any atom is -0.497 e. The molecule has 10 nitrogen and oxygen atoms in total. The second-order valence-electron chi connectivity index (χ2n) is 9.05. The third kappa shape index (κ3) is 6.15. The molecule has 1 atom stereocenters. The molecule has 3 aromatic rings. The van der Waals surface area contributed by atoms with E-state index in [2.05, 4.69) is 4.99 Å². The first kappa shape index (κ1) is 29.9. The quantitative estimate of drug-likeness (QED) is 0.237. The number of rotatable bonds is 12. The molecule has 1 aromatic heterocycles. The molecule has 1 aliphatic heterocycles. The molecule has 0 saturated heterocycles. The Hall–Kier alpha value is -4.09. The molecular weight excluding hydrogens is 548 g/mol. The van der Waals surface area contributed by atoms with E-state index in [9.17, 15) is 9.59 Å². The average Bonchev–Trinajstić information content (AvgIpc) is 3.29. The molecule has 1 aliphatic rings. The van der Waals surface area contributed by atoms with Gasteiger partial charge in [-0.15, -0.1) is 0 Å². The van der Waals surface area contributed by atoms with Gasteiger partial charge in [-0.3, -0.25) is 9.36 Å². The Morgan fingerprint density at radius 2 is 1.80 bits per heavy atom. The Morgan fingerprint density at radius 3 is 2.49 bits per heavy atom. The Balaban J connectivity index is 1.97. The number of hydrogen-bond acceptors (Lipinski definition) is 10. The third-order valence-electron chi connectivity index (χ3n) is 6.46. The molecule has 2 aromatic carbocycles. The van der Waals surface area contributed by atoms with E-state index in [0.717, 1.165) is 6.42 Å². The number of para-hydroxylation sites is 1. The largest absolute Gasteiger partial charge is 0.497 e. The minimum atomic E-state index is -0.872. The number of nitrogens with zero attached hydrogens (tertiary/aromatic N) is 2. The summed E-state index contributed by atoms with van der Waals surface area (Å²) in [6, 6.07) is 9.88. The van der Waals surface area contributed by atoms with Crippen molar-refractivity contribution in [2.45, 2.75) is 26.3 Å². The van der Waals surface area contributed by atoms with Crippen LogP contribution in [0.3, 0.4) is 0 Å². The summed E-state index contributed by atoms with van der Waals surface area (Å²) < 4.78 is 35.1. The number of hydrogen-bond donors (Lipinski definition) is 0. The van der Waals surface area contributed by atoms with Crippen molar-refractivity contribution < 1.29 is 33.2 Å². The summed E-state index contributed by atoms with van der Waals surface area (Å²) >= 11 is 1.22. The van der Waals surface area contributed by atoms with Crippen LogP contribution >= 0.6 is 11.3 Å². The molecule has 41 heavy (non-hydrogen) atoms. The molecule has 0 spiro atoms. The second-order valence-corrected chi connectivity index (χ2v) is 10.1. The highest BCUT2D eigenvalue weighted by molar-refractivity contribution is 7.07. The number of thiazole rings is 1. The zero-order valence-corrected chi connectivity index (χ0v) is 24.8. The molecule has 11 heteroatoms. The molecule has 0 N–H and O–H groups in total. The number of allylic oxidation sites excluding steroid dienone is 1. The van der Waals surface area contributed by atoms with Gasteiger partial charge < -0.3 is 28.4 Å². The number of aromatic nitrogens is 1. The molecule has 0 saturated carbocycles. The average molecular weight is 583 g/mol. The summed E-state index contributed by atoms with van der Waals surface area (Å²) in [7, 11) is 6.20. The molecule has 0 bridgehead atoms. The lowest BCUT2D eigenvalue weighted by atomic mass is 9.94. The van der Waals surface area contributed by atoms with E-state index < -0.39 is 12.0 Å². The fourth-order valence-electron chi connectivity index (χ4n) is 4.52. The van der Waals surface area contributed by atoms with Crippen molar-refractivity contribution >= 4 is 23.4 Å². The van der Waals surface area contributed by atoms with Crippen molar-refractivity contribution in [1.29, 1.82) is 0 Å². The zero-order chi connectivity index (χ0) is 29.5. The van der Waals surface area contributed by atoms with E-state index >= 15 is 0 Å². The van der Waals surface area contributed by atoms with Gasteiger partial charge in [0, 0.05) is 24.3 Å². The highest BCUT2D eigenvalue weighted by atomic mass is 32.1. The number of methoxy groups -OCH3 is 4. The summed E-state index contributed by atoms with van der Waals surface area (Å²) in [4.78, 5) is 32.7. The molecule has 0 aliphatic carbocycles. The van der Waals surface area contributed by atoms with Crippen LogP contribution in [0.15, 0.2) is 57.5 Å². The van der Waals surface area contributed by atoms with Crippen molar-refractivity contribution in [2.75, 3.05) is 48.3 Å².